The van der Waals surface area contributed by atoms with Gasteiger partial charge in [-0.25, -0.2) is 4.98 Å². The Morgan fingerprint density at radius 3 is 2.13 bits per heavy atom. The first-order chi connectivity index (χ1) is 10.5. The molecule has 0 N–H and O–H groups in total. The number of aromatic nitrogens is 2. The maximum atomic E-state index is 6.34. The Bertz CT molecular complexity index is 673. The molecular weight excluding hydrogens is 334 g/mol. The monoisotopic (exact) mass is 354 g/mol. The first kappa shape index (κ1) is 16.1. The molecule has 0 radical (unpaired) electrons. The molecule has 2 bridgehead atoms. The van der Waals surface area contributed by atoms with Crippen LogP contribution in [-0.2, 0) is 14.7 Å². The van der Waals surface area contributed by atoms with Gasteiger partial charge in [0.2, 0.25) is 0 Å². The standard InChI is InChI=1S/C16H21BCl2N2O2/c1-13(2)14(3,4)23-17(22-13)12-15(5)7-16(12,8-15)10-11(19)21-9(18)6-20-10/h6,12H,7-8H2,1-5H3. The van der Waals surface area contributed by atoms with E-state index in [-0.39, 0.29) is 35.0 Å². The Morgan fingerprint density at radius 1 is 1.09 bits per heavy atom. The molecule has 2 heterocycles. The van der Waals surface area contributed by atoms with Crippen molar-refractivity contribution in [2.45, 2.75) is 69.9 Å². The van der Waals surface area contributed by atoms with Crippen LogP contribution in [0.1, 0.15) is 53.2 Å². The minimum Gasteiger partial charge on any atom is -0.403 e. The summed E-state index contributed by atoms with van der Waals surface area (Å²) in [7, 11) is -0.235. The maximum absolute atomic E-state index is 6.34. The lowest BCUT2D eigenvalue weighted by molar-refractivity contribution is -0.140. The van der Waals surface area contributed by atoms with Gasteiger partial charge in [0.1, 0.15) is 5.15 Å². The molecule has 3 saturated carbocycles. The summed E-state index contributed by atoms with van der Waals surface area (Å²) in [6, 6.07) is 0. The molecule has 3 aliphatic carbocycles. The van der Waals surface area contributed by atoms with Crippen molar-refractivity contribution in [2.24, 2.45) is 5.41 Å². The lowest BCUT2D eigenvalue weighted by atomic mass is 9.21. The SMILES string of the molecule is CC12CC(c3ncc(Cl)nc3Cl)(C1)C2B1OC(C)(C)C(C)(C)O1. The molecule has 1 saturated heterocycles. The van der Waals surface area contributed by atoms with E-state index >= 15 is 0 Å². The number of hydrogen-bond donors (Lipinski definition) is 0. The molecule has 1 aromatic rings. The van der Waals surface area contributed by atoms with E-state index in [0.717, 1.165) is 18.5 Å². The summed E-state index contributed by atoms with van der Waals surface area (Å²) in [6.45, 7) is 10.6. The van der Waals surface area contributed by atoms with Gasteiger partial charge in [-0.3, -0.25) is 4.98 Å². The van der Waals surface area contributed by atoms with Crippen LogP contribution in [0.2, 0.25) is 16.1 Å². The molecule has 4 fully saturated rings. The molecule has 4 aliphatic rings. The summed E-state index contributed by atoms with van der Waals surface area (Å²) in [5.74, 6) is 0.254. The van der Waals surface area contributed by atoms with Crippen molar-refractivity contribution in [2.75, 3.05) is 0 Å². The zero-order chi connectivity index (χ0) is 16.8. The number of halogens is 2. The van der Waals surface area contributed by atoms with Gasteiger partial charge in [0.05, 0.1) is 23.1 Å². The second-order valence-electron chi connectivity index (χ2n) is 8.60. The van der Waals surface area contributed by atoms with E-state index in [1.165, 1.54) is 0 Å². The highest BCUT2D eigenvalue weighted by molar-refractivity contribution is 6.49. The van der Waals surface area contributed by atoms with Crippen molar-refractivity contribution in [3.05, 3.63) is 22.2 Å². The van der Waals surface area contributed by atoms with Crippen LogP contribution < -0.4 is 0 Å². The Labute approximate surface area is 147 Å². The summed E-state index contributed by atoms with van der Waals surface area (Å²) in [6.07, 6.45) is 3.67. The molecule has 1 aromatic heterocycles. The van der Waals surface area contributed by atoms with Crippen LogP contribution >= 0.6 is 23.2 Å². The van der Waals surface area contributed by atoms with E-state index in [4.69, 9.17) is 32.5 Å². The van der Waals surface area contributed by atoms with E-state index < -0.39 is 0 Å². The molecule has 7 heteroatoms. The summed E-state index contributed by atoms with van der Waals surface area (Å²) in [5.41, 5.74) is 0.322. The molecular formula is C16H21BCl2N2O2. The fourth-order valence-corrected chi connectivity index (χ4v) is 5.35. The second-order valence-corrected chi connectivity index (χ2v) is 9.34. The lowest BCUT2D eigenvalue weighted by Gasteiger charge is -2.75. The number of rotatable bonds is 2. The molecule has 124 valence electrons. The molecule has 5 rings (SSSR count). The van der Waals surface area contributed by atoms with Crippen LogP contribution in [0.3, 0.4) is 0 Å². The molecule has 0 amide bonds. The molecule has 1 aliphatic heterocycles. The lowest BCUT2D eigenvalue weighted by Crippen LogP contribution is -2.72. The van der Waals surface area contributed by atoms with Crippen LogP contribution in [0.5, 0.6) is 0 Å². The highest BCUT2D eigenvalue weighted by atomic mass is 35.5. The Balaban J connectivity index is 1.68. The van der Waals surface area contributed by atoms with E-state index in [2.05, 4.69) is 44.6 Å². The van der Waals surface area contributed by atoms with Crippen LogP contribution in [0, 0.1) is 5.41 Å². The van der Waals surface area contributed by atoms with E-state index in [1.54, 1.807) is 6.20 Å². The fourth-order valence-electron chi connectivity index (χ4n) is 4.84. The number of nitrogens with zero attached hydrogens (tertiary/aromatic N) is 2. The van der Waals surface area contributed by atoms with Crippen LogP contribution in [0.4, 0.5) is 0 Å². The van der Waals surface area contributed by atoms with Gasteiger partial charge in [0.15, 0.2) is 5.15 Å². The quantitative estimate of drug-likeness (QED) is 0.743. The third kappa shape index (κ3) is 1.94. The van der Waals surface area contributed by atoms with Gasteiger partial charge in [0.25, 0.3) is 0 Å². The fraction of sp³-hybridized carbons (Fsp3) is 0.750. The van der Waals surface area contributed by atoms with Gasteiger partial charge in [0, 0.05) is 11.2 Å². The van der Waals surface area contributed by atoms with Gasteiger partial charge in [-0.2, -0.15) is 0 Å². The molecule has 0 aromatic carbocycles. The highest BCUT2D eigenvalue weighted by Crippen LogP contribution is 2.82. The zero-order valence-corrected chi connectivity index (χ0v) is 15.6. The summed E-state index contributed by atoms with van der Waals surface area (Å²) in [5, 5.41) is 0.726. The predicted octanol–water partition coefficient (Wildman–Crippen LogP) is 4.30. The van der Waals surface area contributed by atoms with E-state index in [0.29, 0.717) is 10.3 Å². The van der Waals surface area contributed by atoms with Crippen molar-refractivity contribution in [1.82, 2.24) is 9.97 Å². The molecule has 1 unspecified atom stereocenters. The van der Waals surface area contributed by atoms with Crippen molar-refractivity contribution < 1.29 is 9.31 Å². The van der Waals surface area contributed by atoms with Crippen molar-refractivity contribution in [1.29, 1.82) is 0 Å². The van der Waals surface area contributed by atoms with Crippen LogP contribution in [-0.4, -0.2) is 28.3 Å². The Hall–Kier alpha value is -0.355. The first-order valence-electron chi connectivity index (χ1n) is 8.05. The maximum Gasteiger partial charge on any atom is 0.462 e. The minimum absolute atomic E-state index is 0.0927. The summed E-state index contributed by atoms with van der Waals surface area (Å²) < 4.78 is 12.6. The molecule has 4 nitrogen and oxygen atoms in total. The topological polar surface area (TPSA) is 44.2 Å². The van der Waals surface area contributed by atoms with Crippen molar-refractivity contribution in [3.8, 4) is 0 Å². The zero-order valence-electron chi connectivity index (χ0n) is 14.1. The molecule has 1 atom stereocenters. The van der Waals surface area contributed by atoms with Gasteiger partial charge >= 0.3 is 7.12 Å². The normalized spacial score (nSPS) is 39.8. The average Bonchev–Trinajstić information content (AvgIpc) is 2.53. The molecule has 23 heavy (non-hydrogen) atoms. The van der Waals surface area contributed by atoms with Crippen molar-refractivity contribution in [3.63, 3.8) is 0 Å². The first-order valence-corrected chi connectivity index (χ1v) is 8.81. The van der Waals surface area contributed by atoms with E-state index in [1.807, 2.05) is 0 Å². The smallest absolute Gasteiger partial charge is 0.403 e. The van der Waals surface area contributed by atoms with Gasteiger partial charge in [-0.05, 0) is 46.0 Å². The third-order valence-corrected chi connectivity index (χ3v) is 6.95. The van der Waals surface area contributed by atoms with Gasteiger partial charge < -0.3 is 9.31 Å². The van der Waals surface area contributed by atoms with Crippen LogP contribution in [0.25, 0.3) is 0 Å². The van der Waals surface area contributed by atoms with Gasteiger partial charge in [-0.1, -0.05) is 30.1 Å². The van der Waals surface area contributed by atoms with Crippen LogP contribution in [0.15, 0.2) is 6.20 Å². The van der Waals surface area contributed by atoms with Gasteiger partial charge in [-0.15, -0.1) is 0 Å². The summed E-state index contributed by atoms with van der Waals surface area (Å²) >= 11 is 12.2. The van der Waals surface area contributed by atoms with E-state index in [9.17, 15) is 0 Å². The highest BCUT2D eigenvalue weighted by Gasteiger charge is 2.80. The minimum atomic E-state index is -0.327. The Kier molecular flexibility index (Phi) is 3.11. The summed E-state index contributed by atoms with van der Waals surface area (Å²) in [4.78, 5) is 8.67. The second kappa shape index (κ2) is 4.43. The third-order valence-electron chi connectivity index (χ3n) is 6.50. The predicted molar refractivity (Wildman–Crippen MR) is 90.9 cm³/mol. The average molecular weight is 355 g/mol. The largest absolute Gasteiger partial charge is 0.462 e. The van der Waals surface area contributed by atoms with Crippen molar-refractivity contribution >= 4 is 30.3 Å². The molecule has 0 spiro atoms. The Morgan fingerprint density at radius 2 is 1.65 bits per heavy atom. The number of hydrogen-bond acceptors (Lipinski definition) is 4.